The molecule has 1 saturated heterocycles. The van der Waals surface area contributed by atoms with E-state index < -0.39 is 0 Å². The molecule has 1 aliphatic heterocycles. The van der Waals surface area contributed by atoms with Gasteiger partial charge in [0.25, 0.3) is 0 Å². The standard InChI is InChI=1S/C12H13N3O2/c1-7-13-9-4-3-8(5-11(9)17-7)10-6-15(2)12(16)14-10/h3-5,10H,6H2,1-2H3,(H,14,16). The molecule has 0 radical (unpaired) electrons. The number of benzene rings is 1. The zero-order valence-corrected chi connectivity index (χ0v) is 9.73. The number of fused-ring (bicyclic) bond motifs is 1. The lowest BCUT2D eigenvalue weighted by Gasteiger charge is -2.08. The van der Waals surface area contributed by atoms with E-state index in [1.54, 1.807) is 11.9 Å². The van der Waals surface area contributed by atoms with Gasteiger partial charge in [-0.2, -0.15) is 0 Å². The van der Waals surface area contributed by atoms with E-state index in [1.165, 1.54) is 0 Å². The van der Waals surface area contributed by atoms with Crippen LogP contribution in [0, 0.1) is 6.92 Å². The Hall–Kier alpha value is -2.04. The summed E-state index contributed by atoms with van der Waals surface area (Å²) in [5.41, 5.74) is 2.67. The van der Waals surface area contributed by atoms with E-state index in [4.69, 9.17) is 4.42 Å². The SMILES string of the molecule is Cc1nc2ccc(C3CN(C)C(=O)N3)cc2o1. The van der Waals surface area contributed by atoms with Crippen molar-refractivity contribution in [1.29, 1.82) is 0 Å². The van der Waals surface area contributed by atoms with Crippen molar-refractivity contribution in [3.05, 3.63) is 29.7 Å². The number of oxazole rings is 1. The number of carbonyl (C=O) groups excluding carboxylic acids is 1. The predicted octanol–water partition coefficient (Wildman–Crippen LogP) is 1.83. The Morgan fingerprint density at radius 1 is 1.53 bits per heavy atom. The van der Waals surface area contributed by atoms with Gasteiger partial charge in [0.2, 0.25) is 0 Å². The zero-order valence-electron chi connectivity index (χ0n) is 9.73. The molecule has 3 rings (SSSR count). The topological polar surface area (TPSA) is 58.4 Å². The van der Waals surface area contributed by atoms with Crippen molar-refractivity contribution < 1.29 is 9.21 Å². The van der Waals surface area contributed by atoms with Gasteiger partial charge in [-0.15, -0.1) is 0 Å². The average Bonchev–Trinajstić information content (AvgIpc) is 2.80. The molecule has 2 aromatic rings. The van der Waals surface area contributed by atoms with Crippen molar-refractivity contribution in [1.82, 2.24) is 15.2 Å². The molecule has 2 amide bonds. The van der Waals surface area contributed by atoms with Crippen molar-refractivity contribution in [2.45, 2.75) is 13.0 Å². The third-order valence-electron chi connectivity index (χ3n) is 3.02. The first kappa shape index (κ1) is 10.1. The highest BCUT2D eigenvalue weighted by atomic mass is 16.3. The van der Waals surface area contributed by atoms with Gasteiger partial charge in [0.15, 0.2) is 11.5 Å². The maximum absolute atomic E-state index is 11.4. The van der Waals surface area contributed by atoms with Gasteiger partial charge in [-0.3, -0.25) is 0 Å². The van der Waals surface area contributed by atoms with Gasteiger partial charge in [0.05, 0.1) is 6.04 Å². The Morgan fingerprint density at radius 3 is 3.06 bits per heavy atom. The van der Waals surface area contributed by atoms with E-state index in [-0.39, 0.29) is 12.1 Å². The molecule has 17 heavy (non-hydrogen) atoms. The number of hydrogen-bond donors (Lipinski definition) is 1. The van der Waals surface area contributed by atoms with Crippen molar-refractivity contribution >= 4 is 17.1 Å². The summed E-state index contributed by atoms with van der Waals surface area (Å²) in [6.07, 6.45) is 0. The van der Waals surface area contributed by atoms with Crippen molar-refractivity contribution in [3.63, 3.8) is 0 Å². The van der Waals surface area contributed by atoms with E-state index in [0.29, 0.717) is 12.4 Å². The fourth-order valence-corrected chi connectivity index (χ4v) is 2.12. The number of amides is 2. The molecule has 1 aromatic carbocycles. The fraction of sp³-hybridized carbons (Fsp3) is 0.333. The molecule has 0 bridgehead atoms. The summed E-state index contributed by atoms with van der Waals surface area (Å²) in [5, 5.41) is 2.92. The first-order chi connectivity index (χ1) is 8.13. The number of nitrogens with zero attached hydrogens (tertiary/aromatic N) is 2. The van der Waals surface area contributed by atoms with E-state index in [9.17, 15) is 4.79 Å². The Bertz CT molecular complexity index is 590. The van der Waals surface area contributed by atoms with Gasteiger partial charge in [-0.25, -0.2) is 9.78 Å². The molecule has 0 spiro atoms. The second-order valence-corrected chi connectivity index (χ2v) is 4.34. The number of aromatic nitrogens is 1. The summed E-state index contributed by atoms with van der Waals surface area (Å²) in [5.74, 6) is 0.657. The molecule has 1 aromatic heterocycles. The monoisotopic (exact) mass is 231 g/mol. The summed E-state index contributed by atoms with van der Waals surface area (Å²) < 4.78 is 5.48. The number of aryl methyl sites for hydroxylation is 1. The lowest BCUT2D eigenvalue weighted by molar-refractivity contribution is 0.226. The summed E-state index contributed by atoms with van der Waals surface area (Å²) in [6, 6.07) is 5.84. The quantitative estimate of drug-likeness (QED) is 0.814. The molecule has 1 N–H and O–H groups in total. The lowest BCUT2D eigenvalue weighted by atomic mass is 10.1. The summed E-state index contributed by atoms with van der Waals surface area (Å²) in [6.45, 7) is 2.50. The smallest absolute Gasteiger partial charge is 0.317 e. The van der Waals surface area contributed by atoms with Crippen LogP contribution < -0.4 is 5.32 Å². The molecule has 1 aliphatic rings. The normalized spacial score (nSPS) is 20.0. The molecular formula is C12H13N3O2. The number of rotatable bonds is 1. The van der Waals surface area contributed by atoms with Crippen LogP contribution in [-0.2, 0) is 0 Å². The summed E-state index contributed by atoms with van der Waals surface area (Å²) in [4.78, 5) is 17.3. The Balaban J connectivity index is 1.98. The summed E-state index contributed by atoms with van der Waals surface area (Å²) in [7, 11) is 1.78. The molecule has 1 atom stereocenters. The van der Waals surface area contributed by atoms with E-state index in [1.807, 2.05) is 25.1 Å². The number of hydrogen-bond acceptors (Lipinski definition) is 3. The maximum Gasteiger partial charge on any atom is 0.317 e. The van der Waals surface area contributed by atoms with Crippen LogP contribution in [0.5, 0.6) is 0 Å². The molecule has 0 aliphatic carbocycles. The third kappa shape index (κ3) is 1.63. The second-order valence-electron chi connectivity index (χ2n) is 4.34. The van der Waals surface area contributed by atoms with E-state index >= 15 is 0 Å². The van der Waals surface area contributed by atoms with E-state index in [2.05, 4.69) is 10.3 Å². The van der Waals surface area contributed by atoms with Gasteiger partial charge in [-0.1, -0.05) is 6.07 Å². The molecule has 1 unspecified atom stereocenters. The van der Waals surface area contributed by atoms with Crippen LogP contribution in [0.25, 0.3) is 11.1 Å². The van der Waals surface area contributed by atoms with Crippen molar-refractivity contribution in [2.75, 3.05) is 13.6 Å². The number of likely N-dealkylation sites (N-methyl/N-ethyl adjacent to an activating group) is 1. The van der Waals surface area contributed by atoms with Gasteiger partial charge in [-0.05, 0) is 17.7 Å². The summed E-state index contributed by atoms with van der Waals surface area (Å²) >= 11 is 0. The Kier molecular flexibility index (Phi) is 2.07. The molecule has 88 valence electrons. The van der Waals surface area contributed by atoms with Crippen LogP contribution in [0.2, 0.25) is 0 Å². The third-order valence-corrected chi connectivity index (χ3v) is 3.02. The van der Waals surface area contributed by atoms with Gasteiger partial charge in [0, 0.05) is 20.5 Å². The predicted molar refractivity (Wildman–Crippen MR) is 62.6 cm³/mol. The highest BCUT2D eigenvalue weighted by Gasteiger charge is 2.27. The Morgan fingerprint density at radius 2 is 2.35 bits per heavy atom. The first-order valence-electron chi connectivity index (χ1n) is 5.52. The van der Waals surface area contributed by atoms with Gasteiger partial charge < -0.3 is 14.6 Å². The van der Waals surface area contributed by atoms with Crippen LogP contribution in [0.15, 0.2) is 22.6 Å². The molecule has 0 saturated carbocycles. The fourth-order valence-electron chi connectivity index (χ4n) is 2.12. The van der Waals surface area contributed by atoms with Gasteiger partial charge in [0.1, 0.15) is 5.52 Å². The van der Waals surface area contributed by atoms with Crippen LogP contribution in [0.3, 0.4) is 0 Å². The lowest BCUT2D eigenvalue weighted by Crippen LogP contribution is -2.23. The number of carbonyl (C=O) groups is 1. The molecule has 5 nitrogen and oxygen atoms in total. The second kappa shape index (κ2) is 3.48. The van der Waals surface area contributed by atoms with E-state index in [0.717, 1.165) is 16.7 Å². The maximum atomic E-state index is 11.4. The average molecular weight is 231 g/mol. The van der Waals surface area contributed by atoms with Crippen molar-refractivity contribution in [3.8, 4) is 0 Å². The van der Waals surface area contributed by atoms with Gasteiger partial charge >= 0.3 is 6.03 Å². The highest BCUT2D eigenvalue weighted by Crippen LogP contribution is 2.24. The Labute approximate surface area is 98.4 Å². The minimum Gasteiger partial charge on any atom is -0.441 e. The molecule has 2 heterocycles. The minimum atomic E-state index is -0.0381. The van der Waals surface area contributed by atoms with Crippen LogP contribution >= 0.6 is 0 Å². The van der Waals surface area contributed by atoms with Crippen LogP contribution in [-0.4, -0.2) is 29.5 Å². The van der Waals surface area contributed by atoms with Crippen LogP contribution in [0.4, 0.5) is 4.79 Å². The highest BCUT2D eigenvalue weighted by molar-refractivity contribution is 5.78. The molecule has 1 fully saturated rings. The number of urea groups is 1. The molecular weight excluding hydrogens is 218 g/mol. The largest absolute Gasteiger partial charge is 0.441 e. The van der Waals surface area contributed by atoms with Crippen LogP contribution in [0.1, 0.15) is 17.5 Å². The minimum absolute atomic E-state index is 0.0299. The zero-order chi connectivity index (χ0) is 12.0. The first-order valence-corrected chi connectivity index (χ1v) is 5.52. The van der Waals surface area contributed by atoms with Crippen molar-refractivity contribution in [2.24, 2.45) is 0 Å². The number of nitrogens with one attached hydrogen (secondary N) is 1. The molecule has 5 heteroatoms.